The Morgan fingerprint density at radius 2 is 1.96 bits per heavy atom. The van der Waals surface area contributed by atoms with Gasteiger partial charge in [-0.15, -0.1) is 11.8 Å². The maximum Gasteiger partial charge on any atom is 0.226 e. The molecule has 1 amide bonds. The molecule has 0 fully saturated rings. The number of rotatable bonds is 10. The number of nitrogens with zero attached hydrogens (tertiary/aromatic N) is 1. The lowest BCUT2D eigenvalue weighted by molar-refractivity contribution is -0.116. The molecule has 0 aliphatic carbocycles. The number of carbonyl (C=O) groups is 2. The van der Waals surface area contributed by atoms with E-state index in [0.717, 1.165) is 28.5 Å². The van der Waals surface area contributed by atoms with Crippen LogP contribution in [0, 0.1) is 6.92 Å². The van der Waals surface area contributed by atoms with Crippen molar-refractivity contribution in [2.75, 3.05) is 18.2 Å². The largest absolute Gasteiger partial charge is 0.494 e. The number of carbonyl (C=O) groups excluding carboxylic acids is 2. The first kappa shape index (κ1) is 20.5. The summed E-state index contributed by atoms with van der Waals surface area (Å²) in [6.45, 7) is 4.33. The van der Waals surface area contributed by atoms with Crippen LogP contribution in [0.15, 0.2) is 28.5 Å². The molecular weight excluding hydrogens is 368 g/mol. The monoisotopic (exact) mass is 392 g/mol. The smallest absolute Gasteiger partial charge is 0.226 e. The predicted molar refractivity (Wildman–Crippen MR) is 108 cm³/mol. The second kappa shape index (κ2) is 10.3. The minimum absolute atomic E-state index is 0.0196. The molecule has 0 aliphatic heterocycles. The number of hydrogen-bond donors (Lipinski definition) is 1. The van der Waals surface area contributed by atoms with E-state index in [-0.39, 0.29) is 11.7 Å². The SMILES string of the molecule is CCC(=O)c1ccc(OCCCCC(=O)Nc2nc(C)c(SC)s2)cc1. The number of thioether (sulfide) groups is 1. The molecule has 1 aromatic heterocycles. The molecule has 0 radical (unpaired) electrons. The van der Waals surface area contributed by atoms with Crippen molar-refractivity contribution >= 4 is 39.9 Å². The Balaban J connectivity index is 1.65. The summed E-state index contributed by atoms with van der Waals surface area (Å²) >= 11 is 3.14. The van der Waals surface area contributed by atoms with Crippen LogP contribution in [0.25, 0.3) is 0 Å². The molecule has 0 bridgehead atoms. The van der Waals surface area contributed by atoms with Gasteiger partial charge in [-0.05, 0) is 50.3 Å². The average Bonchev–Trinajstić information content (AvgIpc) is 3.00. The van der Waals surface area contributed by atoms with Crippen molar-refractivity contribution in [3.8, 4) is 5.75 Å². The van der Waals surface area contributed by atoms with Crippen LogP contribution in [0.5, 0.6) is 5.75 Å². The van der Waals surface area contributed by atoms with Gasteiger partial charge in [0.15, 0.2) is 10.9 Å². The first-order valence-electron chi connectivity index (χ1n) is 8.60. The van der Waals surface area contributed by atoms with Gasteiger partial charge >= 0.3 is 0 Å². The molecule has 2 aromatic rings. The fraction of sp³-hybridized carbons (Fsp3) is 0.421. The Labute approximate surface area is 162 Å². The summed E-state index contributed by atoms with van der Waals surface area (Å²) in [6, 6.07) is 7.19. The zero-order valence-corrected chi connectivity index (χ0v) is 17.0. The summed E-state index contributed by atoms with van der Waals surface area (Å²) in [6.07, 6.45) is 4.48. The standard InChI is InChI=1S/C19H24N2O3S2/c1-4-16(22)14-8-10-15(11-9-14)24-12-6-5-7-17(23)21-19-20-13(2)18(25-3)26-19/h8-11H,4-7,12H2,1-3H3,(H,20,21,23). The van der Waals surface area contributed by atoms with Gasteiger partial charge in [-0.1, -0.05) is 18.3 Å². The first-order valence-corrected chi connectivity index (χ1v) is 10.6. The molecule has 2 rings (SSSR count). The third-order valence-electron chi connectivity index (χ3n) is 3.75. The third kappa shape index (κ3) is 6.14. The molecule has 0 spiro atoms. The zero-order chi connectivity index (χ0) is 18.9. The van der Waals surface area contributed by atoms with Crippen LogP contribution in [0.2, 0.25) is 0 Å². The molecule has 0 aliphatic rings. The van der Waals surface area contributed by atoms with E-state index in [1.165, 1.54) is 11.3 Å². The van der Waals surface area contributed by atoms with Gasteiger partial charge in [-0.2, -0.15) is 0 Å². The highest BCUT2D eigenvalue weighted by Gasteiger charge is 2.09. The van der Waals surface area contributed by atoms with E-state index in [0.29, 0.717) is 30.1 Å². The average molecular weight is 393 g/mol. The fourth-order valence-electron chi connectivity index (χ4n) is 2.33. The van der Waals surface area contributed by atoms with Gasteiger partial charge in [-0.3, -0.25) is 9.59 Å². The van der Waals surface area contributed by atoms with Gasteiger partial charge in [0.25, 0.3) is 0 Å². The maximum atomic E-state index is 12.0. The molecule has 140 valence electrons. The van der Waals surface area contributed by atoms with Gasteiger partial charge in [0.1, 0.15) is 5.75 Å². The number of anilines is 1. The molecule has 5 nitrogen and oxygen atoms in total. The molecule has 1 aromatic carbocycles. The summed E-state index contributed by atoms with van der Waals surface area (Å²) in [5.41, 5.74) is 1.66. The van der Waals surface area contributed by atoms with E-state index in [1.54, 1.807) is 23.9 Å². The van der Waals surface area contributed by atoms with Crippen LogP contribution < -0.4 is 10.1 Å². The van der Waals surface area contributed by atoms with Gasteiger partial charge in [0, 0.05) is 18.4 Å². The Morgan fingerprint density at radius 3 is 2.58 bits per heavy atom. The minimum atomic E-state index is -0.0196. The number of aryl methyl sites for hydroxylation is 1. The van der Waals surface area contributed by atoms with Gasteiger partial charge < -0.3 is 10.1 Å². The third-order valence-corrected chi connectivity index (χ3v) is 6.03. The van der Waals surface area contributed by atoms with Gasteiger partial charge in [0.2, 0.25) is 5.91 Å². The molecule has 0 unspecified atom stereocenters. The number of Topliss-reactive ketones (excluding diaryl/α,β-unsaturated/α-hetero) is 1. The summed E-state index contributed by atoms with van der Waals surface area (Å²) in [5, 5.41) is 3.51. The number of unbranched alkanes of at least 4 members (excludes halogenated alkanes) is 1. The number of thiazole rings is 1. The highest BCUT2D eigenvalue weighted by molar-refractivity contribution is 8.00. The van der Waals surface area contributed by atoms with Crippen LogP contribution in [-0.2, 0) is 4.79 Å². The van der Waals surface area contributed by atoms with Crippen LogP contribution in [-0.4, -0.2) is 29.5 Å². The molecule has 1 heterocycles. The van der Waals surface area contributed by atoms with Crippen LogP contribution in [0.4, 0.5) is 5.13 Å². The Hall–Kier alpha value is -1.86. The summed E-state index contributed by atoms with van der Waals surface area (Å²) < 4.78 is 6.78. The fourth-order valence-corrected chi connectivity index (χ4v) is 3.95. The molecule has 0 saturated carbocycles. The predicted octanol–water partition coefficient (Wildman–Crippen LogP) is 4.95. The molecule has 1 N–H and O–H groups in total. The lowest BCUT2D eigenvalue weighted by Crippen LogP contribution is -2.11. The number of ether oxygens (including phenoxy) is 1. The maximum absolute atomic E-state index is 12.0. The number of hydrogen-bond acceptors (Lipinski definition) is 6. The van der Waals surface area contributed by atoms with Crippen molar-refractivity contribution in [1.82, 2.24) is 4.98 Å². The van der Waals surface area contributed by atoms with E-state index in [1.807, 2.05) is 32.2 Å². The minimum Gasteiger partial charge on any atom is -0.494 e. The second-order valence-corrected chi connectivity index (χ2v) is 7.82. The van der Waals surface area contributed by atoms with E-state index < -0.39 is 0 Å². The summed E-state index contributed by atoms with van der Waals surface area (Å²) in [7, 11) is 0. The topological polar surface area (TPSA) is 68.3 Å². The van der Waals surface area contributed by atoms with Crippen molar-refractivity contribution in [3.05, 3.63) is 35.5 Å². The molecule has 0 atom stereocenters. The quantitative estimate of drug-likeness (QED) is 0.352. The summed E-state index contributed by atoms with van der Waals surface area (Å²) in [4.78, 5) is 27.9. The number of ketones is 1. The Bertz CT molecular complexity index is 742. The van der Waals surface area contributed by atoms with Crippen molar-refractivity contribution < 1.29 is 14.3 Å². The number of nitrogens with one attached hydrogen (secondary N) is 1. The number of amides is 1. The normalized spacial score (nSPS) is 10.6. The lowest BCUT2D eigenvalue weighted by atomic mass is 10.1. The van der Waals surface area contributed by atoms with Crippen molar-refractivity contribution in [2.24, 2.45) is 0 Å². The second-order valence-electron chi connectivity index (χ2n) is 5.75. The van der Waals surface area contributed by atoms with E-state index in [4.69, 9.17) is 4.74 Å². The molecular formula is C19H24N2O3S2. The van der Waals surface area contributed by atoms with Crippen molar-refractivity contribution in [2.45, 2.75) is 43.7 Å². The van der Waals surface area contributed by atoms with Crippen molar-refractivity contribution in [1.29, 1.82) is 0 Å². The van der Waals surface area contributed by atoms with Crippen LogP contribution in [0.3, 0.4) is 0 Å². The molecule has 0 saturated heterocycles. The van der Waals surface area contributed by atoms with E-state index >= 15 is 0 Å². The van der Waals surface area contributed by atoms with Crippen LogP contribution >= 0.6 is 23.1 Å². The first-order chi connectivity index (χ1) is 12.5. The zero-order valence-electron chi connectivity index (χ0n) is 15.3. The van der Waals surface area contributed by atoms with Gasteiger partial charge in [-0.25, -0.2) is 4.98 Å². The lowest BCUT2D eigenvalue weighted by Gasteiger charge is -2.07. The van der Waals surface area contributed by atoms with Crippen LogP contribution in [0.1, 0.15) is 48.7 Å². The number of benzene rings is 1. The highest BCUT2D eigenvalue weighted by atomic mass is 32.2. The molecule has 26 heavy (non-hydrogen) atoms. The Kier molecular flexibility index (Phi) is 8.12. The van der Waals surface area contributed by atoms with Gasteiger partial charge in [0.05, 0.1) is 16.5 Å². The summed E-state index contributed by atoms with van der Waals surface area (Å²) in [5.74, 6) is 0.849. The van der Waals surface area contributed by atoms with Crippen molar-refractivity contribution in [3.63, 3.8) is 0 Å². The highest BCUT2D eigenvalue weighted by Crippen LogP contribution is 2.30. The Morgan fingerprint density at radius 1 is 1.23 bits per heavy atom. The number of aromatic nitrogens is 1. The van der Waals surface area contributed by atoms with E-state index in [9.17, 15) is 9.59 Å². The van der Waals surface area contributed by atoms with E-state index in [2.05, 4.69) is 10.3 Å². The molecule has 7 heteroatoms.